The standard InChI is InChI=1S/C8H10OP2/c1-6-2-4-7(5-3-6)8(9)11-10/h2-5,11H,10H2,1H3. The molecule has 0 spiro atoms. The second-order valence-corrected chi connectivity index (χ2v) is 3.95. The van der Waals surface area contributed by atoms with E-state index in [1.807, 2.05) is 31.2 Å². The van der Waals surface area contributed by atoms with Gasteiger partial charge in [0.25, 0.3) is 0 Å². The largest absolute Gasteiger partial charge is 0.289 e. The van der Waals surface area contributed by atoms with Crippen LogP contribution in [0.3, 0.4) is 0 Å². The second kappa shape index (κ2) is 3.95. The topological polar surface area (TPSA) is 17.1 Å². The van der Waals surface area contributed by atoms with Crippen LogP contribution in [0.1, 0.15) is 15.9 Å². The third-order valence-corrected chi connectivity index (χ3v) is 2.78. The Morgan fingerprint density at radius 1 is 1.36 bits per heavy atom. The number of benzene rings is 1. The Hall–Kier alpha value is -0.250. The van der Waals surface area contributed by atoms with E-state index in [2.05, 4.69) is 8.93 Å². The van der Waals surface area contributed by atoms with Crippen molar-refractivity contribution >= 4 is 22.7 Å². The summed E-state index contributed by atoms with van der Waals surface area (Å²) in [4.78, 5) is 11.1. The van der Waals surface area contributed by atoms with Gasteiger partial charge in [0.15, 0.2) is 5.52 Å². The fourth-order valence-electron chi connectivity index (χ4n) is 0.788. The highest BCUT2D eigenvalue weighted by molar-refractivity contribution is 8.11. The van der Waals surface area contributed by atoms with Crippen LogP contribution in [0.2, 0.25) is 0 Å². The number of hydrogen-bond acceptors (Lipinski definition) is 1. The highest BCUT2D eigenvalue weighted by Gasteiger charge is 2.00. The van der Waals surface area contributed by atoms with E-state index in [1.165, 1.54) is 5.56 Å². The molecule has 0 fully saturated rings. The van der Waals surface area contributed by atoms with Gasteiger partial charge in [-0.3, -0.25) is 4.79 Å². The Labute approximate surface area is 70.5 Å². The van der Waals surface area contributed by atoms with E-state index in [4.69, 9.17) is 0 Å². The minimum atomic E-state index is 0.204. The minimum Gasteiger partial charge on any atom is -0.289 e. The van der Waals surface area contributed by atoms with Crippen molar-refractivity contribution in [2.45, 2.75) is 6.92 Å². The van der Waals surface area contributed by atoms with Crippen molar-refractivity contribution in [2.75, 3.05) is 0 Å². The van der Waals surface area contributed by atoms with Gasteiger partial charge in [-0.05, 0) is 15.2 Å². The van der Waals surface area contributed by atoms with E-state index in [1.54, 1.807) is 0 Å². The van der Waals surface area contributed by atoms with Gasteiger partial charge in [-0.1, -0.05) is 29.8 Å². The zero-order valence-corrected chi connectivity index (χ0v) is 8.45. The maximum Gasteiger partial charge on any atom is 0.184 e. The fraction of sp³-hybridized carbons (Fsp3) is 0.125. The molecule has 0 aliphatic heterocycles. The van der Waals surface area contributed by atoms with Crippen LogP contribution in [0.4, 0.5) is 0 Å². The van der Waals surface area contributed by atoms with Gasteiger partial charge in [-0.15, -0.1) is 8.93 Å². The molecule has 0 bridgehead atoms. The summed E-state index contributed by atoms with van der Waals surface area (Å²) in [6.45, 7) is 2.01. The van der Waals surface area contributed by atoms with Crippen LogP contribution in [-0.2, 0) is 0 Å². The van der Waals surface area contributed by atoms with Crippen molar-refractivity contribution in [1.82, 2.24) is 0 Å². The lowest BCUT2D eigenvalue weighted by Gasteiger charge is -1.96. The van der Waals surface area contributed by atoms with Crippen LogP contribution in [0, 0.1) is 6.92 Å². The number of rotatable bonds is 2. The van der Waals surface area contributed by atoms with Crippen molar-refractivity contribution in [3.05, 3.63) is 35.4 Å². The molecule has 3 heteroatoms. The fourth-order valence-corrected chi connectivity index (χ4v) is 1.62. The first-order valence-electron chi connectivity index (χ1n) is 3.31. The first-order chi connectivity index (χ1) is 5.24. The molecular formula is C8H10OP2. The molecule has 1 nitrogen and oxygen atoms in total. The molecule has 0 amide bonds. The maximum absolute atomic E-state index is 11.1. The summed E-state index contributed by atoms with van der Waals surface area (Å²) in [6.07, 6.45) is 0. The van der Waals surface area contributed by atoms with E-state index in [-0.39, 0.29) is 13.8 Å². The molecule has 1 rings (SSSR count). The van der Waals surface area contributed by atoms with Crippen molar-refractivity contribution in [2.24, 2.45) is 0 Å². The Balaban J connectivity index is 2.90. The van der Waals surface area contributed by atoms with Gasteiger partial charge < -0.3 is 0 Å². The second-order valence-electron chi connectivity index (χ2n) is 2.34. The molecule has 0 aliphatic rings. The highest BCUT2D eigenvalue weighted by atomic mass is 32.0. The molecule has 11 heavy (non-hydrogen) atoms. The summed E-state index contributed by atoms with van der Waals surface area (Å²) in [7, 11) is 2.74. The van der Waals surface area contributed by atoms with Gasteiger partial charge in [-0.25, -0.2) is 0 Å². The van der Waals surface area contributed by atoms with Crippen LogP contribution >= 0.6 is 17.2 Å². The van der Waals surface area contributed by atoms with Crippen molar-refractivity contribution in [1.29, 1.82) is 0 Å². The normalized spacial score (nSPS) is 10.7. The molecule has 1 aromatic rings. The third-order valence-electron chi connectivity index (χ3n) is 1.44. The maximum atomic E-state index is 11.1. The van der Waals surface area contributed by atoms with Gasteiger partial charge in [0, 0.05) is 5.56 Å². The van der Waals surface area contributed by atoms with Crippen molar-refractivity contribution in [3.63, 3.8) is 0 Å². The number of hydrogen-bond donors (Lipinski definition) is 0. The number of carbonyl (C=O) groups is 1. The summed E-state index contributed by atoms with van der Waals surface area (Å²) in [6, 6.07) is 7.65. The predicted molar refractivity (Wildman–Crippen MR) is 53.5 cm³/mol. The van der Waals surface area contributed by atoms with Gasteiger partial charge in [0.05, 0.1) is 0 Å². The number of carbonyl (C=O) groups excluding carboxylic acids is 1. The molecule has 0 saturated heterocycles. The molecule has 58 valence electrons. The van der Waals surface area contributed by atoms with Crippen LogP contribution in [0.25, 0.3) is 0 Å². The Kier molecular flexibility index (Phi) is 3.17. The van der Waals surface area contributed by atoms with Gasteiger partial charge >= 0.3 is 0 Å². The lowest BCUT2D eigenvalue weighted by molar-refractivity contribution is 0.108. The quantitative estimate of drug-likeness (QED) is 0.645. The summed E-state index contributed by atoms with van der Waals surface area (Å²) in [5.41, 5.74) is 2.20. The molecule has 2 unspecified atom stereocenters. The number of aryl methyl sites for hydroxylation is 1. The average Bonchev–Trinajstić information content (AvgIpc) is 2.05. The molecule has 0 aromatic heterocycles. The van der Waals surface area contributed by atoms with Crippen LogP contribution in [-0.4, -0.2) is 5.52 Å². The highest BCUT2D eigenvalue weighted by Crippen LogP contribution is 2.25. The van der Waals surface area contributed by atoms with Crippen LogP contribution in [0.15, 0.2) is 24.3 Å². The van der Waals surface area contributed by atoms with Gasteiger partial charge in [-0.2, -0.15) is 0 Å². The molecule has 0 saturated carbocycles. The average molecular weight is 184 g/mol. The van der Waals surface area contributed by atoms with Crippen LogP contribution < -0.4 is 0 Å². The minimum absolute atomic E-state index is 0.204. The molecule has 0 N–H and O–H groups in total. The van der Waals surface area contributed by atoms with Gasteiger partial charge in [0.2, 0.25) is 0 Å². The van der Waals surface area contributed by atoms with Gasteiger partial charge in [0.1, 0.15) is 0 Å². The first-order valence-corrected chi connectivity index (χ1v) is 6.12. The van der Waals surface area contributed by atoms with E-state index in [0.29, 0.717) is 0 Å². The molecular weight excluding hydrogens is 174 g/mol. The molecule has 1 aromatic carbocycles. The summed E-state index contributed by atoms with van der Waals surface area (Å²) in [5, 5.41) is 0. The van der Waals surface area contributed by atoms with E-state index >= 15 is 0 Å². The Morgan fingerprint density at radius 3 is 2.36 bits per heavy atom. The van der Waals surface area contributed by atoms with Crippen molar-refractivity contribution < 1.29 is 4.79 Å². The molecule has 0 heterocycles. The monoisotopic (exact) mass is 184 g/mol. The van der Waals surface area contributed by atoms with E-state index < -0.39 is 0 Å². The molecule has 2 atom stereocenters. The zero-order valence-electron chi connectivity index (χ0n) is 6.29. The zero-order chi connectivity index (χ0) is 8.27. The molecule has 0 aliphatic carbocycles. The Bertz CT molecular complexity index is 253. The summed E-state index contributed by atoms with van der Waals surface area (Å²) in [5.74, 6) is 0. The predicted octanol–water partition coefficient (Wildman–Crippen LogP) is 2.60. The smallest absolute Gasteiger partial charge is 0.184 e. The van der Waals surface area contributed by atoms with Crippen molar-refractivity contribution in [3.8, 4) is 0 Å². The summed E-state index contributed by atoms with van der Waals surface area (Å²) < 4.78 is 0. The SMILES string of the molecule is Cc1ccc(C(=O)PP)cc1. The van der Waals surface area contributed by atoms with E-state index in [9.17, 15) is 4.79 Å². The lowest BCUT2D eigenvalue weighted by Crippen LogP contribution is -1.87. The summed E-state index contributed by atoms with van der Waals surface area (Å²) >= 11 is 0. The van der Waals surface area contributed by atoms with Crippen LogP contribution in [0.5, 0.6) is 0 Å². The first kappa shape index (κ1) is 8.84. The Morgan fingerprint density at radius 2 is 1.91 bits per heavy atom. The van der Waals surface area contributed by atoms with E-state index in [0.717, 1.165) is 5.56 Å². The third kappa shape index (κ3) is 2.36. The molecule has 0 radical (unpaired) electrons. The lowest BCUT2D eigenvalue weighted by atomic mass is 10.2.